The molecule has 0 bridgehead atoms. The summed E-state index contributed by atoms with van der Waals surface area (Å²) < 4.78 is 10.2. The minimum Gasteiger partial charge on any atom is -0.361 e. The van der Waals surface area contributed by atoms with Gasteiger partial charge in [0.1, 0.15) is 11.3 Å². The lowest BCUT2D eigenvalue weighted by Gasteiger charge is -2.22. The second-order valence-corrected chi connectivity index (χ2v) is 6.03. The lowest BCUT2D eigenvalue weighted by Crippen LogP contribution is -2.42. The highest BCUT2D eigenvalue weighted by molar-refractivity contribution is 5.96. The number of amides is 1. The summed E-state index contributed by atoms with van der Waals surface area (Å²) in [6.45, 7) is 7.59. The maximum absolute atomic E-state index is 12.4. The normalized spacial score (nSPS) is 12.0. The summed E-state index contributed by atoms with van der Waals surface area (Å²) >= 11 is 0. The fraction of sp³-hybridized carbons (Fsp3) is 0.571. The van der Waals surface area contributed by atoms with Crippen molar-refractivity contribution in [3.05, 3.63) is 28.7 Å². The van der Waals surface area contributed by atoms with Gasteiger partial charge in [-0.15, -0.1) is 0 Å². The number of carbonyl (C=O) groups excluding carboxylic acids is 1. The van der Waals surface area contributed by atoms with Gasteiger partial charge in [-0.3, -0.25) is 4.79 Å². The Morgan fingerprint density at radius 2 is 1.91 bits per heavy atom. The zero-order valence-electron chi connectivity index (χ0n) is 13.7. The number of rotatable bonds is 5. The van der Waals surface area contributed by atoms with Crippen molar-refractivity contribution in [2.24, 2.45) is 0 Å². The van der Waals surface area contributed by atoms with Crippen LogP contribution in [0.15, 0.2) is 9.05 Å². The van der Waals surface area contributed by atoms with E-state index in [9.17, 15) is 4.79 Å². The van der Waals surface area contributed by atoms with Crippen molar-refractivity contribution in [1.29, 1.82) is 0 Å². The molecular weight excluding hydrogens is 286 g/mol. The molecule has 8 nitrogen and oxygen atoms in total. The van der Waals surface area contributed by atoms with Crippen molar-refractivity contribution in [3.8, 4) is 0 Å². The molecule has 0 fully saturated rings. The van der Waals surface area contributed by atoms with E-state index in [0.29, 0.717) is 35.3 Å². The van der Waals surface area contributed by atoms with Gasteiger partial charge in [-0.05, 0) is 41.8 Å². The molecule has 0 saturated carbocycles. The molecule has 0 radical (unpaired) electrons. The third kappa shape index (κ3) is 3.33. The minimum absolute atomic E-state index is 0.278. The Bertz CT molecular complexity index is 652. The molecule has 0 unspecified atom stereocenters. The van der Waals surface area contributed by atoms with Gasteiger partial charge in [0.25, 0.3) is 5.91 Å². The predicted octanol–water partition coefficient (Wildman–Crippen LogP) is 1.40. The van der Waals surface area contributed by atoms with Crippen LogP contribution >= 0.6 is 0 Å². The maximum Gasteiger partial charge on any atom is 0.257 e. The van der Waals surface area contributed by atoms with Gasteiger partial charge in [-0.2, -0.15) is 4.98 Å². The van der Waals surface area contributed by atoms with E-state index >= 15 is 0 Å². The second-order valence-electron chi connectivity index (χ2n) is 6.03. The average molecular weight is 307 g/mol. The molecule has 0 aliphatic heterocycles. The quantitative estimate of drug-likeness (QED) is 0.891. The highest BCUT2D eigenvalue weighted by Gasteiger charge is 2.31. The van der Waals surface area contributed by atoms with Crippen molar-refractivity contribution < 1.29 is 13.8 Å². The van der Waals surface area contributed by atoms with Crippen LogP contribution < -0.4 is 5.32 Å². The van der Waals surface area contributed by atoms with Gasteiger partial charge in [0, 0.05) is 0 Å². The number of aromatic nitrogens is 3. The van der Waals surface area contributed by atoms with E-state index in [2.05, 4.69) is 20.6 Å². The molecule has 1 N–H and O–H groups in total. The van der Waals surface area contributed by atoms with Gasteiger partial charge in [-0.25, -0.2) is 0 Å². The Hall–Kier alpha value is -2.22. The zero-order chi connectivity index (χ0) is 16.5. The molecule has 2 aromatic rings. The molecule has 2 rings (SSSR count). The molecule has 22 heavy (non-hydrogen) atoms. The van der Waals surface area contributed by atoms with Gasteiger partial charge < -0.3 is 19.3 Å². The number of nitrogens with one attached hydrogen (secondary N) is 1. The van der Waals surface area contributed by atoms with Crippen molar-refractivity contribution >= 4 is 5.91 Å². The molecule has 120 valence electrons. The molecule has 0 spiro atoms. The average Bonchev–Trinajstić information content (AvgIpc) is 2.96. The smallest absolute Gasteiger partial charge is 0.257 e. The summed E-state index contributed by atoms with van der Waals surface area (Å²) in [5.41, 5.74) is 0.207. The summed E-state index contributed by atoms with van der Waals surface area (Å²) in [5, 5.41) is 10.6. The largest absolute Gasteiger partial charge is 0.361 e. The first-order valence-corrected chi connectivity index (χ1v) is 6.94. The summed E-state index contributed by atoms with van der Waals surface area (Å²) in [7, 11) is 3.82. The second kappa shape index (κ2) is 5.88. The van der Waals surface area contributed by atoms with Crippen LogP contribution in [0.5, 0.6) is 0 Å². The van der Waals surface area contributed by atoms with Crippen LogP contribution in [0.25, 0.3) is 0 Å². The van der Waals surface area contributed by atoms with E-state index in [4.69, 9.17) is 9.05 Å². The molecular formula is C14H21N5O3. The molecule has 0 atom stereocenters. The lowest BCUT2D eigenvalue weighted by molar-refractivity contribution is 0.0905. The Balaban J connectivity index is 2.17. The number of hydrogen-bond acceptors (Lipinski definition) is 7. The molecule has 2 aromatic heterocycles. The Labute approximate surface area is 128 Å². The monoisotopic (exact) mass is 307 g/mol. The van der Waals surface area contributed by atoms with Gasteiger partial charge in [0.2, 0.25) is 5.89 Å². The van der Waals surface area contributed by atoms with E-state index in [1.165, 1.54) is 0 Å². The number of carbonyl (C=O) groups is 1. The van der Waals surface area contributed by atoms with Gasteiger partial charge in [0.15, 0.2) is 5.82 Å². The fourth-order valence-electron chi connectivity index (χ4n) is 2.05. The van der Waals surface area contributed by atoms with Crippen LogP contribution in [0, 0.1) is 13.8 Å². The van der Waals surface area contributed by atoms with Gasteiger partial charge in [-0.1, -0.05) is 10.3 Å². The summed E-state index contributed by atoms with van der Waals surface area (Å²) in [4.78, 5) is 18.7. The lowest BCUT2D eigenvalue weighted by atomic mass is 10.0. The summed E-state index contributed by atoms with van der Waals surface area (Å²) in [6, 6.07) is 0. The van der Waals surface area contributed by atoms with E-state index in [0.717, 1.165) is 0 Å². The minimum atomic E-state index is -0.776. The van der Waals surface area contributed by atoms with Gasteiger partial charge in [0.05, 0.1) is 17.8 Å². The predicted molar refractivity (Wildman–Crippen MR) is 78.2 cm³/mol. The summed E-state index contributed by atoms with van der Waals surface area (Å²) in [5.74, 6) is 1.12. The molecule has 1 amide bonds. The van der Waals surface area contributed by atoms with Crippen molar-refractivity contribution in [2.75, 3.05) is 14.1 Å². The molecule has 0 aliphatic rings. The molecule has 0 saturated heterocycles. The van der Waals surface area contributed by atoms with Crippen molar-refractivity contribution in [1.82, 2.24) is 25.5 Å². The standard InChI is InChI=1S/C14H21N5O3/c1-8-11(9(2)21-17-8)12(20)16-14(3,4)13-15-10(22-18-13)7-19(5)6/h7H2,1-6H3,(H,16,20). The fourth-order valence-corrected chi connectivity index (χ4v) is 2.05. The zero-order valence-corrected chi connectivity index (χ0v) is 13.7. The first-order valence-electron chi connectivity index (χ1n) is 6.94. The van der Waals surface area contributed by atoms with E-state index in [1.807, 2.05) is 32.8 Å². The molecule has 0 aliphatic carbocycles. The maximum atomic E-state index is 12.4. The third-order valence-electron chi connectivity index (χ3n) is 3.17. The molecule has 0 aromatic carbocycles. The highest BCUT2D eigenvalue weighted by Crippen LogP contribution is 2.20. The van der Waals surface area contributed by atoms with Gasteiger partial charge >= 0.3 is 0 Å². The first kappa shape index (κ1) is 16.2. The Kier molecular flexibility index (Phi) is 4.32. The SMILES string of the molecule is Cc1noc(C)c1C(=O)NC(C)(C)c1noc(CN(C)C)n1. The number of nitrogens with zero attached hydrogens (tertiary/aromatic N) is 4. The van der Waals surface area contributed by atoms with Crippen LogP contribution in [0.4, 0.5) is 0 Å². The topological polar surface area (TPSA) is 97.3 Å². The number of aryl methyl sites for hydroxylation is 2. The molecule has 8 heteroatoms. The van der Waals surface area contributed by atoms with E-state index < -0.39 is 5.54 Å². The van der Waals surface area contributed by atoms with E-state index in [-0.39, 0.29) is 5.91 Å². The van der Waals surface area contributed by atoms with Crippen LogP contribution in [0.1, 0.15) is 47.4 Å². The molecule has 2 heterocycles. The Morgan fingerprint density at radius 1 is 1.23 bits per heavy atom. The van der Waals surface area contributed by atoms with E-state index in [1.54, 1.807) is 13.8 Å². The van der Waals surface area contributed by atoms with Crippen LogP contribution in [-0.4, -0.2) is 40.2 Å². The number of hydrogen-bond donors (Lipinski definition) is 1. The summed E-state index contributed by atoms with van der Waals surface area (Å²) in [6.07, 6.45) is 0. The third-order valence-corrected chi connectivity index (χ3v) is 3.17. The van der Waals surface area contributed by atoms with Crippen LogP contribution in [0.2, 0.25) is 0 Å². The Morgan fingerprint density at radius 3 is 2.45 bits per heavy atom. The van der Waals surface area contributed by atoms with Crippen LogP contribution in [0.3, 0.4) is 0 Å². The highest BCUT2D eigenvalue weighted by atomic mass is 16.5. The van der Waals surface area contributed by atoms with Crippen molar-refractivity contribution in [2.45, 2.75) is 39.8 Å². The first-order chi connectivity index (χ1) is 10.2. The van der Waals surface area contributed by atoms with Crippen molar-refractivity contribution in [3.63, 3.8) is 0 Å². The van der Waals surface area contributed by atoms with Crippen LogP contribution in [-0.2, 0) is 12.1 Å².